The molecule has 1 atom stereocenters. The molecule has 56 valence electrons. The SMILES string of the molecule is N#Cc1cccc(C(Cl)Br)c1. The quantitative estimate of drug-likeness (QED) is 0.680. The molecule has 0 N–H and O–H groups in total. The first kappa shape index (κ1) is 8.58. The molecule has 0 bridgehead atoms. The molecule has 1 aromatic carbocycles. The molecule has 0 aliphatic heterocycles. The van der Waals surface area contributed by atoms with Gasteiger partial charge in [-0.2, -0.15) is 5.26 Å². The zero-order valence-corrected chi connectivity index (χ0v) is 7.93. The Hall–Kier alpha value is -0.520. The molecule has 1 rings (SSSR count). The summed E-state index contributed by atoms with van der Waals surface area (Å²) < 4.78 is -0.212. The molecule has 0 fully saturated rings. The van der Waals surface area contributed by atoms with E-state index in [1.165, 1.54) is 0 Å². The predicted molar refractivity (Wildman–Crippen MR) is 48.7 cm³/mol. The molecule has 0 aliphatic rings. The molecular formula is C8H5BrClN. The van der Waals surface area contributed by atoms with Gasteiger partial charge in [-0.1, -0.05) is 28.1 Å². The van der Waals surface area contributed by atoms with Gasteiger partial charge in [0.05, 0.1) is 11.6 Å². The van der Waals surface area contributed by atoms with Crippen molar-refractivity contribution in [3.05, 3.63) is 35.4 Å². The summed E-state index contributed by atoms with van der Waals surface area (Å²) in [5.41, 5.74) is 1.54. The molecule has 0 saturated carbocycles. The van der Waals surface area contributed by atoms with Crippen molar-refractivity contribution in [3.63, 3.8) is 0 Å². The van der Waals surface area contributed by atoms with Crippen LogP contribution in [0.1, 0.15) is 15.4 Å². The Morgan fingerprint density at radius 2 is 2.27 bits per heavy atom. The zero-order chi connectivity index (χ0) is 8.27. The molecule has 0 spiro atoms. The first-order chi connectivity index (χ1) is 5.24. The van der Waals surface area contributed by atoms with E-state index in [4.69, 9.17) is 16.9 Å². The summed E-state index contributed by atoms with van der Waals surface area (Å²) in [6.07, 6.45) is 0. The summed E-state index contributed by atoms with van der Waals surface area (Å²) in [6.45, 7) is 0. The van der Waals surface area contributed by atoms with Crippen LogP contribution in [0.5, 0.6) is 0 Å². The second-order valence-corrected chi connectivity index (χ2v) is 3.92. The summed E-state index contributed by atoms with van der Waals surface area (Å²) in [6, 6.07) is 9.22. The highest BCUT2D eigenvalue weighted by Gasteiger charge is 2.01. The van der Waals surface area contributed by atoms with Crippen LogP contribution in [0.2, 0.25) is 0 Å². The smallest absolute Gasteiger partial charge is 0.114 e. The minimum absolute atomic E-state index is 0.212. The van der Waals surface area contributed by atoms with E-state index in [9.17, 15) is 0 Å². The predicted octanol–water partition coefficient (Wildman–Crippen LogP) is 3.19. The van der Waals surface area contributed by atoms with Crippen molar-refractivity contribution >= 4 is 27.5 Å². The summed E-state index contributed by atoms with van der Waals surface area (Å²) in [7, 11) is 0. The average molecular weight is 230 g/mol. The number of halogens is 2. The second-order valence-electron chi connectivity index (χ2n) is 2.04. The van der Waals surface area contributed by atoms with Gasteiger partial charge in [-0.3, -0.25) is 0 Å². The number of hydrogen-bond acceptors (Lipinski definition) is 1. The van der Waals surface area contributed by atoms with Crippen molar-refractivity contribution < 1.29 is 0 Å². The lowest BCUT2D eigenvalue weighted by Crippen LogP contribution is -1.81. The third-order valence-corrected chi connectivity index (χ3v) is 2.05. The molecule has 1 nitrogen and oxygen atoms in total. The van der Waals surface area contributed by atoms with Gasteiger partial charge in [0.25, 0.3) is 0 Å². The van der Waals surface area contributed by atoms with Crippen molar-refractivity contribution in [2.24, 2.45) is 0 Å². The molecule has 1 unspecified atom stereocenters. The Balaban J connectivity index is 3.03. The minimum Gasteiger partial charge on any atom is -0.192 e. The maximum Gasteiger partial charge on any atom is 0.114 e. The van der Waals surface area contributed by atoms with E-state index in [0.717, 1.165) is 5.56 Å². The Morgan fingerprint density at radius 3 is 2.82 bits per heavy atom. The summed E-state index contributed by atoms with van der Waals surface area (Å²) in [5.74, 6) is 0. The van der Waals surface area contributed by atoms with Crippen LogP contribution >= 0.6 is 27.5 Å². The van der Waals surface area contributed by atoms with Crippen molar-refractivity contribution in [2.45, 2.75) is 4.29 Å². The topological polar surface area (TPSA) is 23.8 Å². The van der Waals surface area contributed by atoms with Gasteiger partial charge < -0.3 is 0 Å². The summed E-state index contributed by atoms with van der Waals surface area (Å²) in [5, 5.41) is 8.54. The average Bonchev–Trinajstić information content (AvgIpc) is 2.05. The van der Waals surface area contributed by atoms with Gasteiger partial charge in [0.2, 0.25) is 0 Å². The van der Waals surface area contributed by atoms with Gasteiger partial charge in [-0.25, -0.2) is 0 Å². The van der Waals surface area contributed by atoms with E-state index in [-0.39, 0.29) is 4.29 Å². The molecule has 0 heterocycles. The normalized spacial score (nSPS) is 12.1. The molecule has 11 heavy (non-hydrogen) atoms. The third-order valence-electron chi connectivity index (χ3n) is 1.27. The molecule has 1 aromatic rings. The summed E-state index contributed by atoms with van der Waals surface area (Å²) >= 11 is 8.94. The number of nitriles is 1. The fraction of sp³-hybridized carbons (Fsp3) is 0.125. The van der Waals surface area contributed by atoms with Crippen LogP contribution in [0.3, 0.4) is 0 Å². The number of nitrogens with zero attached hydrogens (tertiary/aromatic N) is 1. The highest BCUT2D eigenvalue weighted by Crippen LogP contribution is 2.26. The molecular weight excluding hydrogens is 225 g/mol. The van der Waals surface area contributed by atoms with Crippen LogP contribution in [0.25, 0.3) is 0 Å². The van der Waals surface area contributed by atoms with E-state index in [1.54, 1.807) is 12.1 Å². The highest BCUT2D eigenvalue weighted by molar-refractivity contribution is 9.09. The van der Waals surface area contributed by atoms with Crippen molar-refractivity contribution in [1.82, 2.24) is 0 Å². The standard InChI is InChI=1S/C8H5BrClN/c9-8(10)7-3-1-2-6(4-7)5-11/h1-4,8H. The Bertz CT molecular complexity index is 290. The maximum absolute atomic E-state index is 8.54. The number of rotatable bonds is 1. The van der Waals surface area contributed by atoms with Crippen LogP contribution in [0.15, 0.2) is 24.3 Å². The molecule has 3 heteroatoms. The van der Waals surface area contributed by atoms with Gasteiger partial charge in [0, 0.05) is 0 Å². The van der Waals surface area contributed by atoms with Crippen molar-refractivity contribution in [1.29, 1.82) is 5.26 Å². The van der Waals surface area contributed by atoms with Crippen molar-refractivity contribution in [3.8, 4) is 6.07 Å². The maximum atomic E-state index is 8.54. The van der Waals surface area contributed by atoms with E-state index in [0.29, 0.717) is 5.56 Å². The van der Waals surface area contributed by atoms with Crippen LogP contribution in [-0.4, -0.2) is 0 Å². The van der Waals surface area contributed by atoms with E-state index in [1.807, 2.05) is 18.2 Å². The van der Waals surface area contributed by atoms with Crippen LogP contribution in [-0.2, 0) is 0 Å². The Labute approximate surface area is 78.7 Å². The van der Waals surface area contributed by atoms with Gasteiger partial charge in [-0.15, -0.1) is 11.6 Å². The first-order valence-electron chi connectivity index (χ1n) is 3.02. The lowest BCUT2D eigenvalue weighted by atomic mass is 10.2. The lowest BCUT2D eigenvalue weighted by Gasteiger charge is -1.99. The van der Waals surface area contributed by atoms with E-state index >= 15 is 0 Å². The van der Waals surface area contributed by atoms with Gasteiger partial charge in [0.1, 0.15) is 4.29 Å². The van der Waals surface area contributed by atoms with Gasteiger partial charge >= 0.3 is 0 Å². The van der Waals surface area contributed by atoms with Crippen molar-refractivity contribution in [2.75, 3.05) is 0 Å². The minimum atomic E-state index is -0.212. The zero-order valence-electron chi connectivity index (χ0n) is 5.59. The molecule has 0 aliphatic carbocycles. The van der Waals surface area contributed by atoms with E-state index < -0.39 is 0 Å². The molecule has 0 aromatic heterocycles. The molecule has 0 saturated heterocycles. The molecule has 0 radical (unpaired) electrons. The Morgan fingerprint density at radius 1 is 1.55 bits per heavy atom. The Kier molecular flexibility index (Phi) is 2.92. The first-order valence-corrected chi connectivity index (χ1v) is 4.37. The molecule has 0 amide bonds. The van der Waals surface area contributed by atoms with Gasteiger partial charge in [-0.05, 0) is 17.7 Å². The number of benzene rings is 1. The monoisotopic (exact) mass is 229 g/mol. The lowest BCUT2D eigenvalue weighted by molar-refractivity contribution is 1.36. The highest BCUT2D eigenvalue weighted by atomic mass is 79.9. The van der Waals surface area contributed by atoms with Crippen LogP contribution < -0.4 is 0 Å². The van der Waals surface area contributed by atoms with Crippen LogP contribution in [0, 0.1) is 11.3 Å². The van der Waals surface area contributed by atoms with Gasteiger partial charge in [0.15, 0.2) is 0 Å². The summed E-state index contributed by atoms with van der Waals surface area (Å²) in [4.78, 5) is 0. The second kappa shape index (κ2) is 3.75. The number of hydrogen-bond donors (Lipinski definition) is 0. The largest absolute Gasteiger partial charge is 0.192 e. The fourth-order valence-electron chi connectivity index (χ4n) is 0.744. The fourth-order valence-corrected chi connectivity index (χ4v) is 1.16. The number of alkyl halides is 2. The van der Waals surface area contributed by atoms with Crippen LogP contribution in [0.4, 0.5) is 0 Å². The third kappa shape index (κ3) is 2.21. The van der Waals surface area contributed by atoms with E-state index in [2.05, 4.69) is 15.9 Å².